The Hall–Kier alpha value is -0.280. The summed E-state index contributed by atoms with van der Waals surface area (Å²) in [5.74, 6) is 1.71. The topological polar surface area (TPSA) is 32.3 Å². The third-order valence-corrected chi connectivity index (χ3v) is 4.14. The SMILES string of the molecule is CC(CC(=O)N1CCCC1)C1CCNCC1.Cl. The summed E-state index contributed by atoms with van der Waals surface area (Å²) in [6, 6.07) is 0. The third-order valence-electron chi connectivity index (χ3n) is 4.14. The van der Waals surface area contributed by atoms with Gasteiger partial charge in [-0.25, -0.2) is 0 Å². The van der Waals surface area contributed by atoms with Gasteiger partial charge in [0.25, 0.3) is 0 Å². The minimum atomic E-state index is 0. The second-order valence-corrected chi connectivity index (χ2v) is 5.36. The molecule has 0 aliphatic carbocycles. The van der Waals surface area contributed by atoms with Crippen molar-refractivity contribution in [1.82, 2.24) is 10.2 Å². The molecule has 1 amide bonds. The van der Waals surface area contributed by atoms with Crippen molar-refractivity contribution in [2.45, 2.75) is 39.0 Å². The summed E-state index contributed by atoms with van der Waals surface area (Å²) in [4.78, 5) is 14.1. The largest absolute Gasteiger partial charge is 0.343 e. The predicted molar refractivity (Wildman–Crippen MR) is 72.4 cm³/mol. The number of carbonyl (C=O) groups excluding carboxylic acids is 1. The average molecular weight is 261 g/mol. The second kappa shape index (κ2) is 7.22. The number of piperidine rings is 1. The zero-order valence-electron chi connectivity index (χ0n) is 10.8. The molecule has 1 atom stereocenters. The number of rotatable bonds is 3. The Kier molecular flexibility index (Phi) is 6.28. The zero-order valence-corrected chi connectivity index (χ0v) is 11.6. The minimum Gasteiger partial charge on any atom is -0.343 e. The molecule has 2 aliphatic rings. The lowest BCUT2D eigenvalue weighted by molar-refractivity contribution is -0.131. The van der Waals surface area contributed by atoms with Crippen LogP contribution in [-0.4, -0.2) is 37.0 Å². The lowest BCUT2D eigenvalue weighted by Crippen LogP contribution is -2.34. The van der Waals surface area contributed by atoms with Gasteiger partial charge in [0.1, 0.15) is 0 Å². The van der Waals surface area contributed by atoms with Crippen LogP contribution in [0.15, 0.2) is 0 Å². The Morgan fingerprint density at radius 2 is 1.88 bits per heavy atom. The van der Waals surface area contributed by atoms with Crippen molar-refractivity contribution in [1.29, 1.82) is 0 Å². The van der Waals surface area contributed by atoms with Crippen LogP contribution in [0.1, 0.15) is 39.0 Å². The molecular weight excluding hydrogens is 236 g/mol. The number of likely N-dealkylation sites (tertiary alicyclic amines) is 1. The highest BCUT2D eigenvalue weighted by Gasteiger charge is 2.25. The molecule has 4 heteroatoms. The van der Waals surface area contributed by atoms with Gasteiger partial charge in [0.05, 0.1) is 0 Å². The lowest BCUT2D eigenvalue weighted by atomic mass is 9.84. The smallest absolute Gasteiger partial charge is 0.222 e. The standard InChI is InChI=1S/C13H24N2O.ClH/c1-11(12-4-6-14-7-5-12)10-13(16)15-8-2-3-9-15;/h11-12,14H,2-10H2,1H3;1H. The highest BCUT2D eigenvalue weighted by molar-refractivity contribution is 5.85. The summed E-state index contributed by atoms with van der Waals surface area (Å²) < 4.78 is 0. The van der Waals surface area contributed by atoms with Crippen molar-refractivity contribution in [3.05, 3.63) is 0 Å². The summed E-state index contributed by atoms with van der Waals surface area (Å²) in [5, 5.41) is 3.38. The molecule has 1 unspecified atom stereocenters. The van der Waals surface area contributed by atoms with Crippen LogP contribution >= 0.6 is 12.4 Å². The van der Waals surface area contributed by atoms with E-state index in [-0.39, 0.29) is 12.4 Å². The molecule has 0 saturated carbocycles. The molecule has 2 aliphatic heterocycles. The maximum atomic E-state index is 12.0. The molecule has 2 saturated heterocycles. The van der Waals surface area contributed by atoms with E-state index in [1.54, 1.807) is 0 Å². The van der Waals surface area contributed by atoms with Crippen molar-refractivity contribution in [2.75, 3.05) is 26.2 Å². The molecule has 0 aromatic carbocycles. The van der Waals surface area contributed by atoms with Crippen LogP contribution in [0.5, 0.6) is 0 Å². The summed E-state index contributed by atoms with van der Waals surface area (Å²) >= 11 is 0. The molecule has 0 radical (unpaired) electrons. The minimum absolute atomic E-state index is 0. The Balaban J connectivity index is 0.00000144. The number of hydrogen-bond donors (Lipinski definition) is 1. The van der Waals surface area contributed by atoms with Gasteiger partial charge in [0.15, 0.2) is 0 Å². The van der Waals surface area contributed by atoms with E-state index in [2.05, 4.69) is 17.1 Å². The first-order valence-electron chi connectivity index (χ1n) is 6.76. The van der Waals surface area contributed by atoms with Gasteiger partial charge in [-0.2, -0.15) is 0 Å². The first-order valence-corrected chi connectivity index (χ1v) is 6.76. The maximum absolute atomic E-state index is 12.0. The monoisotopic (exact) mass is 260 g/mol. The normalized spacial score (nSPS) is 23.2. The van der Waals surface area contributed by atoms with Crippen LogP contribution < -0.4 is 5.32 Å². The van der Waals surface area contributed by atoms with E-state index in [1.807, 2.05) is 0 Å². The van der Waals surface area contributed by atoms with Crippen molar-refractivity contribution in [2.24, 2.45) is 11.8 Å². The molecule has 3 nitrogen and oxygen atoms in total. The van der Waals surface area contributed by atoms with Crippen LogP contribution in [0.25, 0.3) is 0 Å². The van der Waals surface area contributed by atoms with Crippen molar-refractivity contribution in [3.8, 4) is 0 Å². The fourth-order valence-corrected chi connectivity index (χ4v) is 2.95. The van der Waals surface area contributed by atoms with E-state index in [0.717, 1.165) is 38.5 Å². The maximum Gasteiger partial charge on any atom is 0.222 e. The predicted octanol–water partition coefficient (Wildman–Crippen LogP) is 2.06. The number of halogens is 1. The van der Waals surface area contributed by atoms with E-state index in [0.29, 0.717) is 11.8 Å². The summed E-state index contributed by atoms with van der Waals surface area (Å²) in [6.45, 7) is 6.51. The highest BCUT2D eigenvalue weighted by Crippen LogP contribution is 2.25. The molecule has 0 aromatic rings. The van der Waals surface area contributed by atoms with E-state index < -0.39 is 0 Å². The van der Waals surface area contributed by atoms with Crippen LogP contribution in [0, 0.1) is 11.8 Å². The molecule has 17 heavy (non-hydrogen) atoms. The quantitative estimate of drug-likeness (QED) is 0.843. The number of nitrogens with one attached hydrogen (secondary N) is 1. The first kappa shape index (κ1) is 14.8. The number of hydrogen-bond acceptors (Lipinski definition) is 2. The fraction of sp³-hybridized carbons (Fsp3) is 0.923. The molecular formula is C13H25ClN2O. The Labute approximate surface area is 111 Å². The van der Waals surface area contributed by atoms with Crippen LogP contribution in [0.4, 0.5) is 0 Å². The Bertz CT molecular complexity index is 236. The average Bonchev–Trinajstić information content (AvgIpc) is 2.83. The summed E-state index contributed by atoms with van der Waals surface area (Å²) in [7, 11) is 0. The van der Waals surface area contributed by atoms with Crippen LogP contribution in [-0.2, 0) is 4.79 Å². The molecule has 1 N–H and O–H groups in total. The molecule has 100 valence electrons. The molecule has 0 spiro atoms. The van der Waals surface area contributed by atoms with Crippen LogP contribution in [0.3, 0.4) is 0 Å². The van der Waals surface area contributed by atoms with E-state index in [1.165, 1.54) is 25.7 Å². The Morgan fingerprint density at radius 3 is 2.47 bits per heavy atom. The van der Waals surface area contributed by atoms with Gasteiger partial charge in [-0.3, -0.25) is 4.79 Å². The van der Waals surface area contributed by atoms with Gasteiger partial charge in [0.2, 0.25) is 5.91 Å². The van der Waals surface area contributed by atoms with Crippen molar-refractivity contribution in [3.63, 3.8) is 0 Å². The van der Waals surface area contributed by atoms with Gasteiger partial charge in [-0.15, -0.1) is 12.4 Å². The van der Waals surface area contributed by atoms with E-state index in [9.17, 15) is 4.79 Å². The van der Waals surface area contributed by atoms with Crippen LogP contribution in [0.2, 0.25) is 0 Å². The van der Waals surface area contributed by atoms with Gasteiger partial charge in [-0.1, -0.05) is 6.92 Å². The van der Waals surface area contributed by atoms with E-state index in [4.69, 9.17) is 0 Å². The summed E-state index contributed by atoms with van der Waals surface area (Å²) in [6.07, 6.45) is 5.66. The third kappa shape index (κ3) is 4.14. The number of amides is 1. The molecule has 2 rings (SSSR count). The van der Waals surface area contributed by atoms with Crippen molar-refractivity contribution >= 4 is 18.3 Å². The molecule has 0 bridgehead atoms. The Morgan fingerprint density at radius 1 is 1.29 bits per heavy atom. The number of carbonyl (C=O) groups is 1. The highest BCUT2D eigenvalue weighted by atomic mass is 35.5. The lowest BCUT2D eigenvalue weighted by Gasteiger charge is -2.29. The molecule has 0 aromatic heterocycles. The second-order valence-electron chi connectivity index (χ2n) is 5.36. The molecule has 2 fully saturated rings. The summed E-state index contributed by atoms with van der Waals surface area (Å²) in [5.41, 5.74) is 0. The van der Waals surface area contributed by atoms with E-state index >= 15 is 0 Å². The van der Waals surface area contributed by atoms with Gasteiger partial charge >= 0.3 is 0 Å². The zero-order chi connectivity index (χ0) is 11.4. The van der Waals surface area contributed by atoms with Gasteiger partial charge in [0, 0.05) is 19.5 Å². The van der Waals surface area contributed by atoms with Gasteiger partial charge in [-0.05, 0) is 50.6 Å². The fourth-order valence-electron chi connectivity index (χ4n) is 2.95. The number of nitrogens with zero attached hydrogens (tertiary/aromatic N) is 1. The molecule has 2 heterocycles. The van der Waals surface area contributed by atoms with Crippen molar-refractivity contribution < 1.29 is 4.79 Å². The first-order chi connectivity index (χ1) is 7.77. The van der Waals surface area contributed by atoms with Gasteiger partial charge < -0.3 is 10.2 Å².